The number of carbonyl (C=O) groups excluding carboxylic acids is 1. The fraction of sp³-hybridized carbons (Fsp3) is 0.389. The average Bonchev–Trinajstić information content (AvgIpc) is 3.28. The van der Waals surface area contributed by atoms with E-state index in [1.54, 1.807) is 7.11 Å². The molecule has 2 aromatic rings. The first-order chi connectivity index (χ1) is 13.1. The Balaban J connectivity index is 1.48. The number of nitrogens with one attached hydrogen (secondary N) is 1. The van der Waals surface area contributed by atoms with E-state index in [0.29, 0.717) is 29.6 Å². The van der Waals surface area contributed by atoms with Crippen LogP contribution in [0, 0.1) is 0 Å². The molecule has 1 atom stereocenters. The summed E-state index contributed by atoms with van der Waals surface area (Å²) >= 11 is 2.80. The Bertz CT molecular complexity index is 794. The van der Waals surface area contributed by atoms with Crippen molar-refractivity contribution in [3.05, 3.63) is 35.3 Å². The first-order valence-corrected chi connectivity index (χ1v) is 10.4. The van der Waals surface area contributed by atoms with Crippen LogP contribution in [-0.4, -0.2) is 58.9 Å². The van der Waals surface area contributed by atoms with E-state index in [9.17, 15) is 9.59 Å². The molecule has 1 aromatic heterocycles. The minimum Gasteiger partial charge on any atom is -0.497 e. The zero-order valence-corrected chi connectivity index (χ0v) is 16.5. The lowest BCUT2D eigenvalue weighted by atomic mass is 10.2. The van der Waals surface area contributed by atoms with Crippen molar-refractivity contribution in [1.29, 1.82) is 0 Å². The number of methoxy groups -OCH3 is 1. The Labute approximate surface area is 165 Å². The summed E-state index contributed by atoms with van der Waals surface area (Å²) in [4.78, 5) is 29.0. The molecule has 144 valence electrons. The first kappa shape index (κ1) is 19.5. The third-order valence-electron chi connectivity index (χ3n) is 4.34. The van der Waals surface area contributed by atoms with Gasteiger partial charge < -0.3 is 20.1 Å². The number of hydrogen-bond donors (Lipinski definition) is 2. The van der Waals surface area contributed by atoms with Crippen molar-refractivity contribution in [2.75, 3.05) is 31.3 Å². The third kappa shape index (κ3) is 5.14. The summed E-state index contributed by atoms with van der Waals surface area (Å²) in [5.41, 5.74) is 1.06. The second-order valence-corrected chi connectivity index (χ2v) is 8.24. The maximum Gasteiger partial charge on any atom is 0.355 e. The number of carboxylic acids is 1. The Morgan fingerprint density at radius 3 is 2.89 bits per heavy atom. The molecule has 1 saturated heterocycles. The zero-order chi connectivity index (χ0) is 19.2. The Morgan fingerprint density at radius 1 is 1.44 bits per heavy atom. The van der Waals surface area contributed by atoms with Gasteiger partial charge in [-0.15, -0.1) is 11.3 Å². The van der Waals surface area contributed by atoms with Crippen LogP contribution < -0.4 is 10.1 Å². The Morgan fingerprint density at radius 2 is 2.22 bits per heavy atom. The van der Waals surface area contributed by atoms with Crippen molar-refractivity contribution in [3.8, 4) is 5.75 Å². The topological polar surface area (TPSA) is 91.8 Å². The lowest BCUT2D eigenvalue weighted by Crippen LogP contribution is -2.39. The molecule has 3 rings (SSSR count). The van der Waals surface area contributed by atoms with E-state index in [4.69, 9.17) is 9.84 Å². The number of aromatic carboxylic acids is 1. The molecule has 1 unspecified atom stereocenters. The van der Waals surface area contributed by atoms with Gasteiger partial charge >= 0.3 is 5.97 Å². The molecule has 0 radical (unpaired) electrons. The Kier molecular flexibility index (Phi) is 6.57. The number of nitrogens with zero attached hydrogens (tertiary/aromatic N) is 2. The number of thiazole rings is 1. The summed E-state index contributed by atoms with van der Waals surface area (Å²) in [6.45, 7) is 1.32. The van der Waals surface area contributed by atoms with Crippen LogP contribution in [0.25, 0.3) is 0 Å². The van der Waals surface area contributed by atoms with Gasteiger partial charge in [0, 0.05) is 42.4 Å². The minimum absolute atomic E-state index is 0.0707. The number of benzene rings is 1. The van der Waals surface area contributed by atoms with E-state index in [2.05, 4.69) is 10.3 Å². The van der Waals surface area contributed by atoms with Gasteiger partial charge in [0.25, 0.3) is 0 Å². The smallest absolute Gasteiger partial charge is 0.355 e. The second-order valence-electron chi connectivity index (χ2n) is 6.04. The molecule has 7 nitrogen and oxygen atoms in total. The van der Waals surface area contributed by atoms with E-state index in [-0.39, 0.29) is 17.6 Å². The van der Waals surface area contributed by atoms with Crippen LogP contribution in [0.1, 0.15) is 23.3 Å². The largest absolute Gasteiger partial charge is 0.497 e. The quantitative estimate of drug-likeness (QED) is 0.617. The zero-order valence-electron chi connectivity index (χ0n) is 14.9. The lowest BCUT2D eigenvalue weighted by Gasteiger charge is -2.25. The van der Waals surface area contributed by atoms with Gasteiger partial charge in [-0.3, -0.25) is 4.79 Å². The lowest BCUT2D eigenvalue weighted by molar-refractivity contribution is -0.128. The van der Waals surface area contributed by atoms with E-state index in [1.165, 1.54) is 28.5 Å². The van der Waals surface area contributed by atoms with Crippen molar-refractivity contribution in [1.82, 2.24) is 9.88 Å². The van der Waals surface area contributed by atoms with Crippen LogP contribution in [0.5, 0.6) is 5.75 Å². The maximum atomic E-state index is 12.2. The molecule has 0 saturated carbocycles. The van der Waals surface area contributed by atoms with E-state index in [0.717, 1.165) is 17.9 Å². The summed E-state index contributed by atoms with van der Waals surface area (Å²) in [5.74, 6) is 0.653. The number of amides is 1. The maximum absolute atomic E-state index is 12.2. The molecule has 1 aliphatic heterocycles. The molecule has 27 heavy (non-hydrogen) atoms. The van der Waals surface area contributed by atoms with Crippen molar-refractivity contribution < 1.29 is 19.4 Å². The third-order valence-corrected chi connectivity index (χ3v) is 6.35. The summed E-state index contributed by atoms with van der Waals surface area (Å²) < 4.78 is 5.87. The van der Waals surface area contributed by atoms with Crippen LogP contribution in [0.4, 0.5) is 5.69 Å². The van der Waals surface area contributed by atoms with E-state index < -0.39 is 5.97 Å². The molecule has 0 aliphatic carbocycles. The van der Waals surface area contributed by atoms with Gasteiger partial charge in [-0.2, -0.15) is 0 Å². The molecule has 9 heteroatoms. The van der Waals surface area contributed by atoms with E-state index in [1.807, 2.05) is 29.2 Å². The van der Waals surface area contributed by atoms with Crippen LogP contribution >= 0.6 is 23.1 Å². The molecule has 0 bridgehead atoms. The highest BCUT2D eigenvalue weighted by molar-refractivity contribution is 8.01. The highest BCUT2D eigenvalue weighted by Gasteiger charge is 2.30. The molecular weight excluding hydrogens is 386 g/mol. The van der Waals surface area contributed by atoms with Gasteiger partial charge in [-0.05, 0) is 30.7 Å². The predicted molar refractivity (Wildman–Crippen MR) is 106 cm³/mol. The number of rotatable bonds is 9. The van der Waals surface area contributed by atoms with Crippen LogP contribution in [0.3, 0.4) is 0 Å². The second kappa shape index (κ2) is 9.09. The molecule has 1 aliphatic rings. The van der Waals surface area contributed by atoms with Crippen LogP contribution in [-0.2, 0) is 4.79 Å². The fourth-order valence-electron chi connectivity index (χ4n) is 2.91. The number of anilines is 1. The van der Waals surface area contributed by atoms with Crippen molar-refractivity contribution >= 4 is 40.7 Å². The average molecular weight is 408 g/mol. The molecule has 0 spiro atoms. The highest BCUT2D eigenvalue weighted by atomic mass is 32.2. The molecule has 1 amide bonds. The Hall–Kier alpha value is -2.26. The monoisotopic (exact) mass is 407 g/mol. The molecule has 1 aromatic carbocycles. The van der Waals surface area contributed by atoms with Crippen LogP contribution in [0.15, 0.2) is 34.0 Å². The number of likely N-dealkylation sites (tertiary alicyclic amines) is 1. The normalized spacial score (nSPS) is 16.6. The van der Waals surface area contributed by atoms with Gasteiger partial charge in [0.2, 0.25) is 5.91 Å². The molecular formula is C18H21N3O4S2. The van der Waals surface area contributed by atoms with Gasteiger partial charge in [0.1, 0.15) is 5.75 Å². The number of hydrogen-bond acceptors (Lipinski definition) is 7. The van der Waals surface area contributed by atoms with Crippen molar-refractivity contribution in [3.63, 3.8) is 0 Å². The van der Waals surface area contributed by atoms with Crippen molar-refractivity contribution in [2.24, 2.45) is 0 Å². The molecule has 2 N–H and O–H groups in total. The molecule has 2 heterocycles. The number of carbonyl (C=O) groups is 2. The summed E-state index contributed by atoms with van der Waals surface area (Å²) in [6.07, 6.45) is 1.41. The minimum atomic E-state index is -1.02. The van der Waals surface area contributed by atoms with Crippen LogP contribution in [0.2, 0.25) is 0 Å². The van der Waals surface area contributed by atoms with Gasteiger partial charge in [0.15, 0.2) is 10.0 Å². The van der Waals surface area contributed by atoms with Gasteiger partial charge in [-0.25, -0.2) is 9.78 Å². The highest BCUT2D eigenvalue weighted by Crippen LogP contribution is 2.25. The number of thioether (sulfide) groups is 1. The summed E-state index contributed by atoms with van der Waals surface area (Å²) in [6, 6.07) is 7.87. The van der Waals surface area contributed by atoms with E-state index >= 15 is 0 Å². The molecule has 1 fully saturated rings. The van der Waals surface area contributed by atoms with Gasteiger partial charge in [-0.1, -0.05) is 11.8 Å². The number of aromatic nitrogens is 1. The summed E-state index contributed by atoms with van der Waals surface area (Å²) in [7, 11) is 1.64. The van der Waals surface area contributed by atoms with Crippen molar-refractivity contribution in [2.45, 2.75) is 23.2 Å². The predicted octanol–water partition coefficient (Wildman–Crippen LogP) is 3.05. The SMILES string of the molecule is COc1ccc(NCC2CCC(=O)N2CCSc2nc(C(=O)O)cs2)cc1. The fourth-order valence-corrected chi connectivity index (χ4v) is 4.72. The summed E-state index contributed by atoms with van der Waals surface area (Å²) in [5, 5.41) is 13.8. The van der Waals surface area contributed by atoms with Gasteiger partial charge in [0.05, 0.1) is 7.11 Å². The standard InChI is InChI=1S/C18H21N3O4S2/c1-25-14-5-2-12(3-6-14)19-10-13-4-7-16(22)21(13)8-9-26-18-20-15(11-27-18)17(23)24/h2-3,5-6,11,13,19H,4,7-10H2,1H3,(H,23,24). The first-order valence-electron chi connectivity index (χ1n) is 8.56. The number of ether oxygens (including phenoxy) is 1. The number of carboxylic acid groups (broad SMARTS) is 1.